The summed E-state index contributed by atoms with van der Waals surface area (Å²) in [5.74, 6) is 0. The minimum absolute atomic E-state index is 0.361. The highest BCUT2D eigenvalue weighted by molar-refractivity contribution is 7.98. The zero-order valence-corrected chi connectivity index (χ0v) is 24.9. The molecule has 0 bridgehead atoms. The van der Waals surface area contributed by atoms with Gasteiger partial charge in [-0.05, 0) is 85.9 Å². The molecule has 2 saturated heterocycles. The molecule has 3 aromatic heterocycles. The minimum atomic E-state index is -0.364. The molecule has 0 spiro atoms. The van der Waals surface area contributed by atoms with Crippen LogP contribution in [0.2, 0.25) is 0 Å². The maximum absolute atomic E-state index is 6.26. The highest BCUT2D eigenvalue weighted by Gasteiger charge is 2.53. The Morgan fingerprint density at radius 1 is 0.639 bits per heavy atom. The highest BCUT2D eigenvalue weighted by Crippen LogP contribution is 2.39. The van der Waals surface area contributed by atoms with Gasteiger partial charge in [0.1, 0.15) is 0 Å². The fraction of sp³-hybridized carbons (Fsp3) is 0.500. The summed E-state index contributed by atoms with van der Waals surface area (Å²) in [5.41, 5.74) is 0.464. The Balaban J connectivity index is 1.42. The van der Waals surface area contributed by atoms with Gasteiger partial charge in [-0.2, -0.15) is 0 Å². The SMILES string of the molecule is CSc1cc(-c2ccc(B3OC(C)(C)C(C)(C)O3)s2)nc(-c2ccc(B3OC(C)(C)C(C)(C)O3)s2)c1. The van der Waals surface area contributed by atoms with Crippen LogP contribution in [0.3, 0.4) is 0 Å². The van der Waals surface area contributed by atoms with Crippen molar-refractivity contribution in [3.8, 4) is 21.1 Å². The van der Waals surface area contributed by atoms with Crippen LogP contribution in [0.5, 0.6) is 0 Å². The van der Waals surface area contributed by atoms with Gasteiger partial charge >= 0.3 is 14.2 Å². The Kier molecular flexibility index (Phi) is 6.60. The molecule has 10 heteroatoms. The van der Waals surface area contributed by atoms with Crippen LogP contribution in [0.15, 0.2) is 41.3 Å². The first-order valence-electron chi connectivity index (χ1n) is 12.2. The number of thiophene rings is 2. The van der Waals surface area contributed by atoms with Gasteiger partial charge in [0.15, 0.2) is 0 Å². The number of rotatable bonds is 5. The van der Waals surface area contributed by atoms with Crippen LogP contribution in [0.25, 0.3) is 21.1 Å². The molecule has 0 radical (unpaired) electrons. The van der Waals surface area contributed by atoms with E-state index in [0.29, 0.717) is 0 Å². The Hall–Kier alpha value is -1.13. The van der Waals surface area contributed by atoms with Gasteiger partial charge in [-0.3, -0.25) is 0 Å². The smallest absolute Gasteiger partial charge is 0.399 e. The van der Waals surface area contributed by atoms with Crippen LogP contribution in [0.1, 0.15) is 55.4 Å². The standard InChI is InChI=1S/C26H33B2NO4S3/c1-23(2)24(3,4)31-27(30-23)21-12-10-19(35-21)17-14-16(34-9)15-18(29-17)20-11-13-22(36-20)28-32-25(5,6)26(7,8)33-28/h10-15H,1-9H3. The van der Waals surface area contributed by atoms with Crippen molar-refractivity contribution in [2.75, 3.05) is 6.26 Å². The van der Waals surface area contributed by atoms with E-state index in [2.05, 4.69) is 98.0 Å². The third-order valence-electron chi connectivity index (χ3n) is 7.76. The third kappa shape index (κ3) is 4.64. The predicted octanol–water partition coefficient (Wildman–Crippen LogP) is 5.86. The number of hydrogen-bond acceptors (Lipinski definition) is 8. The molecule has 0 unspecified atom stereocenters. The molecule has 0 atom stereocenters. The van der Waals surface area contributed by atoms with Gasteiger partial charge in [0.05, 0.1) is 43.5 Å². The molecule has 0 N–H and O–H groups in total. The molecule has 5 rings (SSSR count). The molecule has 5 heterocycles. The summed E-state index contributed by atoms with van der Waals surface area (Å²) >= 11 is 5.07. The minimum Gasteiger partial charge on any atom is -0.399 e. The fourth-order valence-electron chi connectivity index (χ4n) is 4.03. The van der Waals surface area contributed by atoms with E-state index in [1.165, 1.54) is 4.90 Å². The number of pyridine rings is 1. The first kappa shape index (κ1) is 26.5. The quantitative estimate of drug-likeness (QED) is 0.298. The van der Waals surface area contributed by atoms with E-state index >= 15 is 0 Å². The molecule has 0 aliphatic carbocycles. The van der Waals surface area contributed by atoms with Gasteiger partial charge in [0.25, 0.3) is 0 Å². The number of nitrogens with zero attached hydrogens (tertiary/aromatic N) is 1. The van der Waals surface area contributed by atoms with E-state index in [4.69, 9.17) is 23.6 Å². The van der Waals surface area contributed by atoms with Crippen molar-refractivity contribution < 1.29 is 18.6 Å². The fourth-order valence-corrected chi connectivity index (χ4v) is 6.34. The molecule has 36 heavy (non-hydrogen) atoms. The van der Waals surface area contributed by atoms with Crippen molar-refractivity contribution in [3.63, 3.8) is 0 Å². The van der Waals surface area contributed by atoms with Gasteiger partial charge in [0.2, 0.25) is 0 Å². The summed E-state index contributed by atoms with van der Waals surface area (Å²) in [6, 6.07) is 12.7. The summed E-state index contributed by atoms with van der Waals surface area (Å²) in [7, 11) is -0.728. The molecule has 2 fully saturated rings. The van der Waals surface area contributed by atoms with E-state index in [0.717, 1.165) is 30.7 Å². The largest absolute Gasteiger partial charge is 0.505 e. The Bertz CT molecular complexity index is 1160. The summed E-state index contributed by atoms with van der Waals surface area (Å²) in [5, 5.41) is 0. The summed E-state index contributed by atoms with van der Waals surface area (Å²) in [6.07, 6.45) is 2.09. The predicted molar refractivity (Wildman–Crippen MR) is 154 cm³/mol. The van der Waals surface area contributed by atoms with Gasteiger partial charge in [-0.25, -0.2) is 4.98 Å². The van der Waals surface area contributed by atoms with Crippen molar-refractivity contribution >= 4 is 58.2 Å². The lowest BCUT2D eigenvalue weighted by atomic mass is 9.88. The molecule has 0 saturated carbocycles. The Labute approximate surface area is 227 Å². The van der Waals surface area contributed by atoms with Gasteiger partial charge < -0.3 is 18.6 Å². The van der Waals surface area contributed by atoms with Crippen molar-refractivity contribution in [3.05, 3.63) is 36.4 Å². The maximum atomic E-state index is 6.26. The summed E-state index contributed by atoms with van der Waals surface area (Å²) < 4.78 is 27.2. The van der Waals surface area contributed by atoms with Crippen molar-refractivity contribution in [2.24, 2.45) is 0 Å². The zero-order chi connectivity index (χ0) is 26.1. The topological polar surface area (TPSA) is 49.8 Å². The number of aromatic nitrogens is 1. The second kappa shape index (κ2) is 8.97. The molecule has 2 aliphatic rings. The van der Waals surface area contributed by atoms with Crippen molar-refractivity contribution in [1.82, 2.24) is 4.98 Å². The molecule has 0 amide bonds. The van der Waals surface area contributed by atoms with Crippen molar-refractivity contribution in [2.45, 2.75) is 82.7 Å². The van der Waals surface area contributed by atoms with Crippen LogP contribution in [-0.4, -0.2) is 47.9 Å². The molecule has 0 aromatic carbocycles. The molecular weight excluding hydrogens is 508 g/mol. The van der Waals surface area contributed by atoms with Crippen LogP contribution in [0.4, 0.5) is 0 Å². The first-order valence-corrected chi connectivity index (χ1v) is 15.0. The normalized spacial score (nSPS) is 21.9. The van der Waals surface area contributed by atoms with E-state index in [-0.39, 0.29) is 36.6 Å². The molecular formula is C26H33B2NO4S3. The monoisotopic (exact) mass is 541 g/mol. The molecule has 3 aromatic rings. The third-order valence-corrected chi connectivity index (χ3v) is 10.7. The maximum Gasteiger partial charge on any atom is 0.505 e. The van der Waals surface area contributed by atoms with E-state index in [1.807, 2.05) is 0 Å². The Morgan fingerprint density at radius 2 is 1.00 bits per heavy atom. The second-order valence-electron chi connectivity index (χ2n) is 11.4. The lowest BCUT2D eigenvalue weighted by Crippen LogP contribution is -2.41. The van der Waals surface area contributed by atoms with Gasteiger partial charge in [0, 0.05) is 14.4 Å². The van der Waals surface area contributed by atoms with Crippen molar-refractivity contribution in [1.29, 1.82) is 0 Å². The molecule has 190 valence electrons. The Morgan fingerprint density at radius 3 is 1.33 bits per heavy atom. The average molecular weight is 541 g/mol. The van der Waals surface area contributed by atoms with Crippen LogP contribution in [0, 0.1) is 0 Å². The van der Waals surface area contributed by atoms with Gasteiger partial charge in [-0.15, -0.1) is 34.4 Å². The van der Waals surface area contributed by atoms with E-state index < -0.39 is 0 Å². The van der Waals surface area contributed by atoms with Crippen LogP contribution in [-0.2, 0) is 18.6 Å². The zero-order valence-electron chi connectivity index (χ0n) is 22.4. The second-order valence-corrected chi connectivity index (χ2v) is 14.5. The van der Waals surface area contributed by atoms with Gasteiger partial charge in [-0.1, -0.05) is 12.1 Å². The molecule has 2 aliphatic heterocycles. The van der Waals surface area contributed by atoms with E-state index in [9.17, 15) is 0 Å². The first-order chi connectivity index (χ1) is 16.7. The summed E-state index contributed by atoms with van der Waals surface area (Å²) in [4.78, 5) is 8.43. The van der Waals surface area contributed by atoms with Crippen LogP contribution < -0.4 is 9.55 Å². The van der Waals surface area contributed by atoms with Crippen LogP contribution >= 0.6 is 34.4 Å². The summed E-state index contributed by atoms with van der Waals surface area (Å²) in [6.45, 7) is 16.6. The molecule has 5 nitrogen and oxygen atoms in total. The average Bonchev–Trinajstić information content (AvgIpc) is 3.54. The lowest BCUT2D eigenvalue weighted by Gasteiger charge is -2.32. The number of hydrogen-bond donors (Lipinski definition) is 0. The highest BCUT2D eigenvalue weighted by atomic mass is 32.2. The number of thioether (sulfide) groups is 1. The lowest BCUT2D eigenvalue weighted by molar-refractivity contribution is 0.00578. The van der Waals surface area contributed by atoms with E-state index in [1.54, 1.807) is 34.4 Å².